The Morgan fingerprint density at radius 3 is 2.82 bits per heavy atom. The van der Waals surface area contributed by atoms with Gasteiger partial charge in [0.15, 0.2) is 0 Å². The molecule has 5 heteroatoms. The number of hydrogen-bond acceptors (Lipinski definition) is 3. The summed E-state index contributed by atoms with van der Waals surface area (Å²) in [6.07, 6.45) is 3.68. The second-order valence-electron chi connectivity index (χ2n) is 6.24. The number of para-hydroxylation sites is 1. The van der Waals surface area contributed by atoms with E-state index in [0.717, 1.165) is 32.2 Å². The van der Waals surface area contributed by atoms with Gasteiger partial charge in [0.05, 0.1) is 5.69 Å². The van der Waals surface area contributed by atoms with E-state index in [1.165, 1.54) is 6.07 Å². The molecule has 0 bridgehead atoms. The third-order valence-electron chi connectivity index (χ3n) is 4.52. The van der Waals surface area contributed by atoms with Crippen molar-refractivity contribution in [2.45, 2.75) is 37.8 Å². The maximum Gasteiger partial charge on any atom is 0.249 e. The maximum absolute atomic E-state index is 13.9. The minimum atomic E-state index is -0.330. The molecule has 120 valence electrons. The number of ether oxygens (including phenoxy) is 1. The molecule has 3 rings (SSSR count). The molecule has 1 heterocycles. The molecule has 1 saturated carbocycles. The van der Waals surface area contributed by atoms with E-state index in [2.05, 4.69) is 5.32 Å². The fraction of sp³-hybridized carbons (Fsp3) is 0.588. The number of amides is 1. The summed E-state index contributed by atoms with van der Waals surface area (Å²) in [6, 6.07) is 6.86. The van der Waals surface area contributed by atoms with Crippen molar-refractivity contribution in [2.24, 2.45) is 5.92 Å². The van der Waals surface area contributed by atoms with Gasteiger partial charge in [-0.3, -0.25) is 4.79 Å². The molecule has 2 fully saturated rings. The van der Waals surface area contributed by atoms with Crippen LogP contribution < -0.4 is 10.2 Å². The van der Waals surface area contributed by atoms with Crippen LogP contribution in [0.25, 0.3) is 0 Å². The molecule has 4 nitrogen and oxygen atoms in total. The van der Waals surface area contributed by atoms with Gasteiger partial charge < -0.3 is 15.0 Å². The zero-order valence-corrected chi connectivity index (χ0v) is 12.9. The number of hydrogen-bond donors (Lipinski definition) is 1. The van der Waals surface area contributed by atoms with Gasteiger partial charge in [-0.25, -0.2) is 4.39 Å². The lowest BCUT2D eigenvalue weighted by Gasteiger charge is -2.35. The van der Waals surface area contributed by atoms with Gasteiger partial charge in [0.2, 0.25) is 5.91 Å². The van der Waals surface area contributed by atoms with Crippen LogP contribution >= 0.6 is 0 Å². The van der Waals surface area contributed by atoms with Crippen molar-refractivity contribution >= 4 is 11.6 Å². The van der Waals surface area contributed by atoms with Crippen LogP contribution in [0, 0.1) is 11.7 Å². The van der Waals surface area contributed by atoms with Crippen LogP contribution in [0.4, 0.5) is 10.1 Å². The first kappa shape index (κ1) is 15.3. The highest BCUT2D eigenvalue weighted by Crippen LogP contribution is 2.34. The summed E-state index contributed by atoms with van der Waals surface area (Å²) in [5.74, 6) is 0.142. The first-order valence-electron chi connectivity index (χ1n) is 8.01. The molecule has 1 amide bonds. The van der Waals surface area contributed by atoms with Crippen LogP contribution in [0.15, 0.2) is 24.3 Å². The van der Waals surface area contributed by atoms with Crippen LogP contribution in [-0.2, 0) is 9.53 Å². The molecule has 0 spiro atoms. The Balaban J connectivity index is 1.61. The van der Waals surface area contributed by atoms with Crippen LogP contribution in [0.2, 0.25) is 0 Å². The first-order valence-corrected chi connectivity index (χ1v) is 8.01. The lowest BCUT2D eigenvalue weighted by molar-refractivity contribution is -0.133. The number of nitrogens with zero attached hydrogens (tertiary/aromatic N) is 1. The summed E-state index contributed by atoms with van der Waals surface area (Å²) < 4.78 is 19.2. The number of piperidine rings is 1. The van der Waals surface area contributed by atoms with E-state index >= 15 is 0 Å². The smallest absolute Gasteiger partial charge is 0.249 e. The van der Waals surface area contributed by atoms with E-state index in [1.807, 2.05) is 11.0 Å². The zero-order valence-electron chi connectivity index (χ0n) is 12.9. The third-order valence-corrected chi connectivity index (χ3v) is 4.52. The van der Waals surface area contributed by atoms with E-state index in [-0.39, 0.29) is 23.9 Å². The SMILES string of the molecule is CO[C@H](C(=O)N[C@H]1CCCN(c2ccccc2F)C1)C1CC1. The number of benzene rings is 1. The maximum atomic E-state index is 13.9. The fourth-order valence-electron chi connectivity index (χ4n) is 3.22. The van der Waals surface area contributed by atoms with Gasteiger partial charge in [0.25, 0.3) is 0 Å². The summed E-state index contributed by atoms with van der Waals surface area (Å²) in [4.78, 5) is 14.3. The number of carbonyl (C=O) groups is 1. The van der Waals surface area contributed by atoms with Crippen molar-refractivity contribution in [3.63, 3.8) is 0 Å². The number of methoxy groups -OCH3 is 1. The second kappa shape index (κ2) is 6.65. The minimum absolute atomic E-state index is 0.0228. The molecular formula is C17H23FN2O2. The zero-order chi connectivity index (χ0) is 15.5. The molecule has 0 radical (unpaired) electrons. The van der Waals surface area contributed by atoms with Gasteiger partial charge in [0.1, 0.15) is 11.9 Å². The number of anilines is 1. The quantitative estimate of drug-likeness (QED) is 0.908. The normalized spacial score (nSPS) is 23.2. The highest BCUT2D eigenvalue weighted by molar-refractivity contribution is 5.81. The predicted octanol–water partition coefficient (Wildman–Crippen LogP) is 2.34. The van der Waals surface area contributed by atoms with E-state index in [1.54, 1.807) is 19.2 Å². The van der Waals surface area contributed by atoms with Gasteiger partial charge in [-0.05, 0) is 43.7 Å². The number of nitrogens with one attached hydrogen (secondary N) is 1. The van der Waals surface area contributed by atoms with Gasteiger partial charge in [-0.1, -0.05) is 12.1 Å². The number of rotatable bonds is 5. The lowest BCUT2D eigenvalue weighted by atomic mass is 10.0. The number of halogens is 1. The van der Waals surface area contributed by atoms with Crippen molar-refractivity contribution in [3.8, 4) is 0 Å². The van der Waals surface area contributed by atoms with Crippen LogP contribution in [0.5, 0.6) is 0 Å². The Morgan fingerprint density at radius 1 is 1.36 bits per heavy atom. The summed E-state index contributed by atoms with van der Waals surface area (Å²) in [6.45, 7) is 1.47. The van der Waals surface area contributed by atoms with E-state index in [4.69, 9.17) is 4.74 Å². The molecule has 1 aliphatic carbocycles. The molecule has 0 aromatic heterocycles. The minimum Gasteiger partial charge on any atom is -0.371 e. The largest absolute Gasteiger partial charge is 0.371 e. The molecule has 1 N–H and O–H groups in total. The molecule has 22 heavy (non-hydrogen) atoms. The Kier molecular flexibility index (Phi) is 4.62. The van der Waals surface area contributed by atoms with Crippen molar-refractivity contribution in [2.75, 3.05) is 25.1 Å². The average Bonchev–Trinajstić information content (AvgIpc) is 3.33. The Bertz CT molecular complexity index is 533. The molecule has 1 aromatic rings. The third kappa shape index (κ3) is 3.40. The summed E-state index contributed by atoms with van der Waals surface area (Å²) in [5.41, 5.74) is 0.618. The molecule has 1 aromatic carbocycles. The molecule has 2 atom stereocenters. The Morgan fingerprint density at radius 2 is 2.14 bits per heavy atom. The van der Waals surface area contributed by atoms with E-state index in [0.29, 0.717) is 18.2 Å². The highest BCUT2D eigenvalue weighted by atomic mass is 19.1. The van der Waals surface area contributed by atoms with Gasteiger partial charge >= 0.3 is 0 Å². The summed E-state index contributed by atoms with van der Waals surface area (Å²) in [5, 5.41) is 3.08. The molecule has 1 aliphatic heterocycles. The molecular weight excluding hydrogens is 283 g/mol. The fourth-order valence-corrected chi connectivity index (χ4v) is 3.22. The van der Waals surface area contributed by atoms with Gasteiger partial charge in [0, 0.05) is 26.2 Å². The molecule has 1 saturated heterocycles. The molecule has 0 unspecified atom stereocenters. The lowest BCUT2D eigenvalue weighted by Crippen LogP contribution is -2.51. The topological polar surface area (TPSA) is 41.6 Å². The monoisotopic (exact) mass is 306 g/mol. The van der Waals surface area contributed by atoms with Crippen molar-refractivity contribution in [1.29, 1.82) is 0 Å². The molecule has 2 aliphatic rings. The Hall–Kier alpha value is -1.62. The summed E-state index contributed by atoms with van der Waals surface area (Å²) >= 11 is 0. The van der Waals surface area contributed by atoms with Crippen LogP contribution in [0.1, 0.15) is 25.7 Å². The van der Waals surface area contributed by atoms with E-state index < -0.39 is 0 Å². The van der Waals surface area contributed by atoms with E-state index in [9.17, 15) is 9.18 Å². The van der Waals surface area contributed by atoms with Gasteiger partial charge in [-0.2, -0.15) is 0 Å². The van der Waals surface area contributed by atoms with Crippen molar-refractivity contribution < 1.29 is 13.9 Å². The standard InChI is InChI=1S/C17H23FN2O2/c1-22-16(12-8-9-12)17(21)19-13-5-4-10-20(11-13)15-7-3-2-6-14(15)18/h2-3,6-7,12-13,16H,4-5,8-11H2,1H3,(H,19,21)/t13-,16-/m0/s1. The number of carbonyl (C=O) groups excluding carboxylic acids is 1. The van der Waals surface area contributed by atoms with Crippen LogP contribution in [-0.4, -0.2) is 38.3 Å². The average molecular weight is 306 g/mol. The Labute approximate surface area is 130 Å². The predicted molar refractivity (Wildman–Crippen MR) is 83.3 cm³/mol. The second-order valence-corrected chi connectivity index (χ2v) is 6.24. The van der Waals surface area contributed by atoms with Gasteiger partial charge in [-0.15, -0.1) is 0 Å². The van der Waals surface area contributed by atoms with Crippen molar-refractivity contribution in [3.05, 3.63) is 30.1 Å². The van der Waals surface area contributed by atoms with Crippen LogP contribution in [0.3, 0.4) is 0 Å². The van der Waals surface area contributed by atoms with Crippen molar-refractivity contribution in [1.82, 2.24) is 5.32 Å². The highest BCUT2D eigenvalue weighted by Gasteiger charge is 2.37. The summed E-state index contributed by atoms with van der Waals surface area (Å²) in [7, 11) is 1.59. The first-order chi connectivity index (χ1) is 10.7.